The summed E-state index contributed by atoms with van der Waals surface area (Å²) < 4.78 is 16.5. The molecule has 2 aromatic carbocycles. The third kappa shape index (κ3) is 3.67. The lowest BCUT2D eigenvalue weighted by atomic mass is 10.1. The fourth-order valence-electron chi connectivity index (χ4n) is 4.52. The second-order valence-electron chi connectivity index (χ2n) is 8.97. The van der Waals surface area contributed by atoms with Crippen LogP contribution in [0.25, 0.3) is 17.0 Å². The molecule has 1 aliphatic heterocycles. The molecule has 4 aromatic rings. The molecule has 0 aliphatic carbocycles. The Morgan fingerprint density at radius 1 is 0.806 bits per heavy atom. The summed E-state index contributed by atoms with van der Waals surface area (Å²) in [6.45, 7) is 7.47. The molecule has 1 N–H and O–H groups in total. The van der Waals surface area contributed by atoms with Gasteiger partial charge in [0.1, 0.15) is 11.4 Å². The van der Waals surface area contributed by atoms with E-state index in [9.17, 15) is 18.8 Å². The molecular weight excluding hydrogens is 459 g/mol. The number of benzene rings is 2. The average molecular weight is 484 g/mol. The number of aromatic nitrogens is 3. The van der Waals surface area contributed by atoms with E-state index in [4.69, 9.17) is 0 Å². The van der Waals surface area contributed by atoms with E-state index in [0.29, 0.717) is 11.4 Å². The highest BCUT2D eigenvalue weighted by atomic mass is 19.1. The fourth-order valence-corrected chi connectivity index (χ4v) is 4.52. The van der Waals surface area contributed by atoms with Crippen molar-refractivity contribution in [3.05, 3.63) is 111 Å². The molecule has 0 unspecified atom stereocenters. The van der Waals surface area contributed by atoms with Crippen LogP contribution < -0.4 is 15.0 Å². The molecule has 0 atom stereocenters. The van der Waals surface area contributed by atoms with Crippen molar-refractivity contribution in [2.45, 2.75) is 27.7 Å². The summed E-state index contributed by atoms with van der Waals surface area (Å²) in [5.41, 5.74) is 3.93. The van der Waals surface area contributed by atoms with Crippen LogP contribution in [0, 0.1) is 33.5 Å². The standard InChI is InChI=1S/C28H23FN4O3/c1-16-11-13-31(14-12-16)25-24(26(34)32(28(25)36)21-8-6-20(29)7-9-21)23-19(4)30-33(27(23)35)22-10-5-17(2)15-18(22)3/h5-15H,1-4H3/p+1. The van der Waals surface area contributed by atoms with Gasteiger partial charge in [-0.25, -0.2) is 14.0 Å². The van der Waals surface area contributed by atoms with Gasteiger partial charge in [-0.3, -0.25) is 19.5 Å². The highest BCUT2D eigenvalue weighted by Crippen LogP contribution is 2.33. The Bertz CT molecular complexity index is 1630. The molecular formula is C28H24FN4O3+. The van der Waals surface area contributed by atoms with Crippen LogP contribution in [0.5, 0.6) is 0 Å². The quantitative estimate of drug-likeness (QED) is 0.355. The van der Waals surface area contributed by atoms with Gasteiger partial charge in [-0.2, -0.15) is 4.57 Å². The third-order valence-corrected chi connectivity index (χ3v) is 6.31. The molecule has 3 heterocycles. The van der Waals surface area contributed by atoms with E-state index in [1.54, 1.807) is 36.0 Å². The van der Waals surface area contributed by atoms with Crippen LogP contribution in [-0.2, 0) is 9.59 Å². The van der Waals surface area contributed by atoms with Crippen LogP contribution in [0.3, 0.4) is 0 Å². The number of nitrogens with zero attached hydrogens (tertiary/aromatic N) is 3. The van der Waals surface area contributed by atoms with E-state index in [0.717, 1.165) is 21.6 Å². The van der Waals surface area contributed by atoms with Crippen molar-refractivity contribution in [1.29, 1.82) is 0 Å². The minimum atomic E-state index is -0.651. The largest absolute Gasteiger partial charge is 0.331 e. The summed E-state index contributed by atoms with van der Waals surface area (Å²) in [4.78, 5) is 42.2. The molecule has 2 amide bonds. The zero-order chi connectivity index (χ0) is 25.7. The Hall–Kier alpha value is -4.59. The summed E-state index contributed by atoms with van der Waals surface area (Å²) in [7, 11) is 0. The third-order valence-electron chi connectivity index (χ3n) is 6.31. The first-order valence-electron chi connectivity index (χ1n) is 11.4. The fraction of sp³-hybridized carbons (Fsp3) is 0.143. The van der Waals surface area contributed by atoms with E-state index in [2.05, 4.69) is 5.10 Å². The first-order chi connectivity index (χ1) is 17.2. The Kier molecular flexibility index (Phi) is 5.51. The number of carbonyl (C=O) groups is 2. The lowest BCUT2D eigenvalue weighted by molar-refractivity contribution is -0.576. The average Bonchev–Trinajstić information content (AvgIpc) is 3.26. The smallest absolute Gasteiger partial charge is 0.295 e. The molecule has 7 nitrogen and oxygen atoms in total. The Labute approximate surface area is 206 Å². The summed E-state index contributed by atoms with van der Waals surface area (Å²) in [6, 6.07) is 14.4. The zero-order valence-corrected chi connectivity index (χ0v) is 20.3. The molecule has 8 heteroatoms. The molecule has 0 saturated carbocycles. The van der Waals surface area contributed by atoms with Gasteiger partial charge in [-0.1, -0.05) is 17.7 Å². The monoisotopic (exact) mass is 483 g/mol. The number of amides is 2. The van der Waals surface area contributed by atoms with Crippen LogP contribution >= 0.6 is 0 Å². The maximum Gasteiger partial charge on any atom is 0.331 e. The Balaban J connectivity index is 1.75. The van der Waals surface area contributed by atoms with Crippen molar-refractivity contribution in [3.63, 3.8) is 0 Å². The number of H-pyrrole nitrogens is 1. The number of imide groups is 1. The summed E-state index contributed by atoms with van der Waals surface area (Å²) in [5.74, 6) is -1.74. The van der Waals surface area contributed by atoms with Crippen LogP contribution in [0.15, 0.2) is 71.8 Å². The van der Waals surface area contributed by atoms with E-state index in [1.807, 2.05) is 39.0 Å². The summed E-state index contributed by atoms with van der Waals surface area (Å²) in [5, 5.41) is 3.07. The second-order valence-corrected chi connectivity index (χ2v) is 8.97. The van der Waals surface area contributed by atoms with Gasteiger partial charge in [-0.15, -0.1) is 0 Å². The van der Waals surface area contributed by atoms with Crippen LogP contribution in [0.2, 0.25) is 0 Å². The van der Waals surface area contributed by atoms with Gasteiger partial charge in [0.25, 0.3) is 17.2 Å². The number of rotatable bonds is 4. The minimum Gasteiger partial charge on any atom is -0.295 e. The predicted octanol–water partition coefficient (Wildman–Crippen LogP) is 3.77. The van der Waals surface area contributed by atoms with Crippen molar-refractivity contribution in [1.82, 2.24) is 9.78 Å². The SMILES string of the molecule is Cc1cc[n+](C2=C(c3c(C)[nH]n(-c4ccc(C)cc4C)c3=O)C(=O)N(c3ccc(F)cc3)C2=O)cc1. The molecule has 0 saturated heterocycles. The summed E-state index contributed by atoms with van der Waals surface area (Å²) >= 11 is 0. The van der Waals surface area contributed by atoms with Gasteiger partial charge in [-0.05, 0) is 69.2 Å². The molecule has 180 valence electrons. The first-order valence-corrected chi connectivity index (χ1v) is 11.4. The molecule has 2 aromatic heterocycles. The number of hydrogen-bond acceptors (Lipinski definition) is 3. The van der Waals surface area contributed by atoms with E-state index in [1.165, 1.54) is 28.9 Å². The Morgan fingerprint density at radius 2 is 1.47 bits per heavy atom. The van der Waals surface area contributed by atoms with E-state index in [-0.39, 0.29) is 22.5 Å². The van der Waals surface area contributed by atoms with Crippen molar-refractivity contribution in [2.24, 2.45) is 0 Å². The number of nitrogens with one attached hydrogen (secondary N) is 1. The highest BCUT2D eigenvalue weighted by Gasteiger charge is 2.48. The van der Waals surface area contributed by atoms with Crippen molar-refractivity contribution in [3.8, 4) is 5.69 Å². The number of carbonyl (C=O) groups excluding carboxylic acids is 2. The second kappa shape index (κ2) is 8.57. The summed E-state index contributed by atoms with van der Waals surface area (Å²) in [6.07, 6.45) is 3.35. The molecule has 0 spiro atoms. The van der Waals surface area contributed by atoms with Crippen molar-refractivity contribution < 1.29 is 18.5 Å². The number of aryl methyl sites for hydroxylation is 4. The first kappa shape index (κ1) is 23.2. The number of hydrogen-bond donors (Lipinski definition) is 1. The van der Waals surface area contributed by atoms with Crippen molar-refractivity contribution in [2.75, 3.05) is 4.90 Å². The van der Waals surface area contributed by atoms with E-state index < -0.39 is 23.2 Å². The minimum absolute atomic E-state index is 0.0135. The van der Waals surface area contributed by atoms with Gasteiger partial charge in [0, 0.05) is 17.8 Å². The highest BCUT2D eigenvalue weighted by molar-refractivity contribution is 6.53. The van der Waals surface area contributed by atoms with Gasteiger partial charge in [0.05, 0.1) is 16.9 Å². The Morgan fingerprint density at radius 3 is 2.11 bits per heavy atom. The molecule has 5 rings (SSSR count). The van der Waals surface area contributed by atoms with Gasteiger partial charge >= 0.3 is 5.91 Å². The lowest BCUT2D eigenvalue weighted by Gasteiger charge is -2.13. The topological polar surface area (TPSA) is 79.1 Å². The van der Waals surface area contributed by atoms with Crippen LogP contribution in [0.4, 0.5) is 10.1 Å². The zero-order valence-electron chi connectivity index (χ0n) is 20.3. The van der Waals surface area contributed by atoms with Gasteiger partial charge < -0.3 is 0 Å². The maximum absolute atomic E-state index is 13.8. The predicted molar refractivity (Wildman–Crippen MR) is 134 cm³/mol. The number of aromatic amines is 1. The number of halogens is 1. The van der Waals surface area contributed by atoms with Crippen LogP contribution in [0.1, 0.15) is 27.9 Å². The normalized spacial score (nSPS) is 13.8. The molecule has 0 fully saturated rings. The van der Waals surface area contributed by atoms with Crippen molar-refractivity contribution >= 4 is 28.8 Å². The number of pyridine rings is 1. The van der Waals surface area contributed by atoms with Crippen LogP contribution in [-0.4, -0.2) is 21.6 Å². The van der Waals surface area contributed by atoms with E-state index >= 15 is 0 Å². The molecule has 0 bridgehead atoms. The maximum atomic E-state index is 13.8. The van der Waals surface area contributed by atoms with Gasteiger partial charge in [0.2, 0.25) is 0 Å². The van der Waals surface area contributed by atoms with Gasteiger partial charge in [0.15, 0.2) is 12.4 Å². The molecule has 36 heavy (non-hydrogen) atoms. The lowest BCUT2D eigenvalue weighted by Crippen LogP contribution is -2.39. The number of anilines is 1. The molecule has 1 aliphatic rings. The molecule has 0 radical (unpaired) electrons.